The zero-order valence-corrected chi connectivity index (χ0v) is 8.48. The van der Waals surface area contributed by atoms with Crippen LogP contribution < -0.4 is 5.73 Å². The van der Waals surface area contributed by atoms with Crippen molar-refractivity contribution in [2.75, 3.05) is 0 Å². The molecule has 1 rings (SSSR count). The number of alkyl halides is 1. The molecule has 0 radical (unpaired) electrons. The summed E-state index contributed by atoms with van der Waals surface area (Å²) in [7, 11) is 0. The van der Waals surface area contributed by atoms with Gasteiger partial charge in [0.2, 0.25) is 0 Å². The smallest absolute Gasteiger partial charge is 0.320 e. The van der Waals surface area contributed by atoms with E-state index in [2.05, 4.69) is 0 Å². The molecule has 82 valence electrons. The van der Waals surface area contributed by atoms with Gasteiger partial charge in [0.1, 0.15) is 12.2 Å². The number of hydrogen-bond donors (Lipinski definition) is 2. The Bertz CT molecular complexity index is 335. The van der Waals surface area contributed by atoms with Crippen LogP contribution in [0, 0.1) is 0 Å². The second kappa shape index (κ2) is 4.89. The molecule has 3 nitrogen and oxygen atoms in total. The van der Waals surface area contributed by atoms with Gasteiger partial charge >= 0.3 is 5.97 Å². The van der Waals surface area contributed by atoms with Crippen molar-refractivity contribution in [2.24, 2.45) is 5.73 Å². The molecule has 1 aromatic rings. The molecule has 0 aromatic heterocycles. The summed E-state index contributed by atoms with van der Waals surface area (Å²) in [6.45, 7) is 1.46. The largest absolute Gasteiger partial charge is 0.480 e. The highest BCUT2D eigenvalue weighted by Gasteiger charge is 2.12. The third-order valence-electron chi connectivity index (χ3n) is 2.21. The Morgan fingerprint density at radius 1 is 1.47 bits per heavy atom. The Labute approximate surface area is 87.7 Å². The highest BCUT2D eigenvalue weighted by atomic mass is 19.1. The summed E-state index contributed by atoms with van der Waals surface area (Å²) in [6, 6.07) is 5.80. The van der Waals surface area contributed by atoms with E-state index >= 15 is 0 Å². The summed E-state index contributed by atoms with van der Waals surface area (Å²) >= 11 is 0. The van der Waals surface area contributed by atoms with E-state index in [0.717, 1.165) is 5.56 Å². The monoisotopic (exact) mass is 211 g/mol. The summed E-state index contributed by atoms with van der Waals surface area (Å²) < 4.78 is 12.8. The second-order valence-corrected chi connectivity index (χ2v) is 3.51. The van der Waals surface area contributed by atoms with Crippen molar-refractivity contribution >= 4 is 5.97 Å². The first-order valence-electron chi connectivity index (χ1n) is 4.72. The lowest BCUT2D eigenvalue weighted by Crippen LogP contribution is -2.32. The number of aliphatic carboxylic acids is 1. The van der Waals surface area contributed by atoms with E-state index in [-0.39, 0.29) is 6.42 Å². The highest BCUT2D eigenvalue weighted by Crippen LogP contribution is 2.17. The number of benzene rings is 1. The zero-order chi connectivity index (χ0) is 11.4. The molecule has 1 aromatic carbocycles. The fourth-order valence-electron chi connectivity index (χ4n) is 1.26. The zero-order valence-electron chi connectivity index (χ0n) is 8.48. The first-order valence-corrected chi connectivity index (χ1v) is 4.72. The lowest BCUT2D eigenvalue weighted by Gasteiger charge is -2.07. The molecule has 0 aliphatic heterocycles. The summed E-state index contributed by atoms with van der Waals surface area (Å²) in [5, 5.41) is 8.60. The van der Waals surface area contributed by atoms with Gasteiger partial charge in [-0.3, -0.25) is 4.79 Å². The van der Waals surface area contributed by atoms with Crippen molar-refractivity contribution in [1.82, 2.24) is 0 Å². The number of halogens is 1. The predicted octanol–water partition coefficient (Wildman–Crippen LogP) is 1.67. The number of hydrogen-bond acceptors (Lipinski definition) is 2. The van der Waals surface area contributed by atoms with Crippen LogP contribution in [0.5, 0.6) is 0 Å². The first-order chi connectivity index (χ1) is 7.00. The number of carbonyl (C=O) groups is 1. The molecule has 0 aliphatic rings. The van der Waals surface area contributed by atoms with Crippen LogP contribution in [0.3, 0.4) is 0 Å². The van der Waals surface area contributed by atoms with Crippen molar-refractivity contribution in [3.05, 3.63) is 35.4 Å². The average molecular weight is 211 g/mol. The minimum Gasteiger partial charge on any atom is -0.480 e. The Morgan fingerprint density at radius 3 is 2.40 bits per heavy atom. The van der Waals surface area contributed by atoms with Crippen LogP contribution in [0.1, 0.15) is 24.2 Å². The van der Waals surface area contributed by atoms with Crippen LogP contribution in [0.2, 0.25) is 0 Å². The van der Waals surface area contributed by atoms with Gasteiger partial charge in [-0.05, 0) is 24.5 Å². The van der Waals surface area contributed by atoms with Crippen LogP contribution in [-0.4, -0.2) is 17.1 Å². The topological polar surface area (TPSA) is 63.3 Å². The van der Waals surface area contributed by atoms with Crippen molar-refractivity contribution in [2.45, 2.75) is 25.6 Å². The molecule has 0 saturated heterocycles. The molecule has 0 aliphatic carbocycles. The molecule has 0 amide bonds. The molecule has 4 heteroatoms. The van der Waals surface area contributed by atoms with Crippen molar-refractivity contribution < 1.29 is 14.3 Å². The Balaban J connectivity index is 2.68. The Hall–Kier alpha value is -1.42. The van der Waals surface area contributed by atoms with Crippen LogP contribution in [0.15, 0.2) is 24.3 Å². The molecule has 0 saturated carbocycles. The van der Waals surface area contributed by atoms with Crippen molar-refractivity contribution in [1.29, 1.82) is 0 Å². The predicted molar refractivity (Wildman–Crippen MR) is 55.3 cm³/mol. The molecular weight excluding hydrogens is 197 g/mol. The first kappa shape index (κ1) is 11.7. The fraction of sp³-hybridized carbons (Fsp3) is 0.364. The summed E-state index contributed by atoms with van der Waals surface area (Å²) in [5.74, 6) is -1.03. The van der Waals surface area contributed by atoms with Gasteiger partial charge in [0, 0.05) is 0 Å². The van der Waals surface area contributed by atoms with E-state index in [0.29, 0.717) is 5.56 Å². The van der Waals surface area contributed by atoms with E-state index in [9.17, 15) is 9.18 Å². The molecule has 0 spiro atoms. The molecular formula is C11H14FNO2. The van der Waals surface area contributed by atoms with Gasteiger partial charge in [-0.2, -0.15) is 0 Å². The Morgan fingerprint density at radius 2 is 2.00 bits per heavy atom. The molecule has 0 bridgehead atoms. The van der Waals surface area contributed by atoms with E-state index < -0.39 is 18.2 Å². The second-order valence-electron chi connectivity index (χ2n) is 3.51. The highest BCUT2D eigenvalue weighted by molar-refractivity contribution is 5.73. The van der Waals surface area contributed by atoms with E-state index in [1.807, 2.05) is 0 Å². The third-order valence-corrected chi connectivity index (χ3v) is 2.21. The molecule has 0 heterocycles. The maximum atomic E-state index is 12.8. The Kier molecular flexibility index (Phi) is 3.80. The average Bonchev–Trinajstić information content (AvgIpc) is 2.18. The summed E-state index contributed by atoms with van der Waals surface area (Å²) in [5.41, 5.74) is 6.76. The van der Waals surface area contributed by atoms with Crippen molar-refractivity contribution in [3.8, 4) is 0 Å². The van der Waals surface area contributed by atoms with E-state index in [1.54, 1.807) is 24.3 Å². The summed E-state index contributed by atoms with van der Waals surface area (Å²) in [4.78, 5) is 10.5. The number of nitrogens with two attached hydrogens (primary N) is 1. The van der Waals surface area contributed by atoms with Gasteiger partial charge in [0.05, 0.1) is 0 Å². The summed E-state index contributed by atoms with van der Waals surface area (Å²) in [6.07, 6.45) is -0.747. The molecule has 3 N–H and O–H groups in total. The van der Waals surface area contributed by atoms with Gasteiger partial charge in [0.15, 0.2) is 0 Å². The van der Waals surface area contributed by atoms with E-state index in [1.165, 1.54) is 6.92 Å². The lowest BCUT2D eigenvalue weighted by molar-refractivity contribution is -0.138. The minimum atomic E-state index is -1.03. The quantitative estimate of drug-likeness (QED) is 0.796. The number of rotatable bonds is 4. The minimum absolute atomic E-state index is 0.260. The van der Waals surface area contributed by atoms with Crippen LogP contribution >= 0.6 is 0 Å². The van der Waals surface area contributed by atoms with Gasteiger partial charge in [0.25, 0.3) is 0 Å². The molecule has 15 heavy (non-hydrogen) atoms. The fourth-order valence-corrected chi connectivity index (χ4v) is 1.26. The van der Waals surface area contributed by atoms with Gasteiger partial charge < -0.3 is 10.8 Å². The van der Waals surface area contributed by atoms with Gasteiger partial charge in [-0.15, -0.1) is 0 Å². The number of carboxylic acid groups (broad SMARTS) is 1. The van der Waals surface area contributed by atoms with E-state index in [4.69, 9.17) is 10.8 Å². The van der Waals surface area contributed by atoms with Crippen LogP contribution in [0.4, 0.5) is 4.39 Å². The van der Waals surface area contributed by atoms with Crippen molar-refractivity contribution in [3.63, 3.8) is 0 Å². The van der Waals surface area contributed by atoms with Gasteiger partial charge in [-0.1, -0.05) is 24.3 Å². The SMILES string of the molecule is CC(F)c1ccc(CC(N)C(=O)O)cc1. The third kappa shape index (κ3) is 3.32. The van der Waals surface area contributed by atoms with Crippen LogP contribution in [0.25, 0.3) is 0 Å². The lowest BCUT2D eigenvalue weighted by atomic mass is 10.0. The normalized spacial score (nSPS) is 14.6. The van der Waals surface area contributed by atoms with Gasteiger partial charge in [-0.25, -0.2) is 4.39 Å². The standard InChI is InChI=1S/C11H14FNO2/c1-7(12)9-4-2-8(3-5-9)6-10(13)11(14)15/h2-5,7,10H,6,13H2,1H3,(H,14,15). The molecule has 0 fully saturated rings. The molecule has 2 unspecified atom stereocenters. The molecule has 2 atom stereocenters. The maximum Gasteiger partial charge on any atom is 0.320 e. The maximum absolute atomic E-state index is 12.8. The number of carboxylic acids is 1. The van der Waals surface area contributed by atoms with Crippen LogP contribution in [-0.2, 0) is 11.2 Å².